The minimum Gasteiger partial charge on any atom is -0.360 e. The normalized spacial score (nSPS) is 25.2. The smallest absolute Gasteiger partial charge is 0.142 e. The summed E-state index contributed by atoms with van der Waals surface area (Å²) in [7, 11) is 0. The van der Waals surface area contributed by atoms with Gasteiger partial charge in [-0.3, -0.25) is 4.79 Å². The third kappa shape index (κ3) is 1.91. The summed E-state index contributed by atoms with van der Waals surface area (Å²) in [5.41, 5.74) is 2.42. The van der Waals surface area contributed by atoms with Gasteiger partial charge >= 0.3 is 0 Å². The van der Waals surface area contributed by atoms with E-state index >= 15 is 0 Å². The average molecular weight is 188 g/mol. The highest BCUT2D eigenvalue weighted by molar-refractivity contribution is 5.65. The van der Waals surface area contributed by atoms with Crippen LogP contribution in [-0.2, 0) is 9.53 Å². The highest BCUT2D eigenvalue weighted by Gasteiger charge is 2.37. The molecule has 1 aliphatic rings. The number of hydrogen-bond donors (Lipinski definition) is 0. The minimum absolute atomic E-state index is 0.0852. The molecule has 0 aromatic heterocycles. The Kier molecular flexibility index (Phi) is 2.46. The van der Waals surface area contributed by atoms with Crippen molar-refractivity contribution < 1.29 is 9.53 Å². The predicted molar refractivity (Wildman–Crippen MR) is 54.0 cm³/mol. The Morgan fingerprint density at radius 3 is 3.00 bits per heavy atom. The lowest BCUT2D eigenvalue weighted by atomic mass is 10.1. The topological polar surface area (TPSA) is 29.6 Å². The number of aryl methyl sites for hydroxylation is 1. The Balaban J connectivity index is 2.05. The number of carbonyl (C=O) groups excluding carboxylic acids is 1. The van der Waals surface area contributed by atoms with Gasteiger partial charge in [0.25, 0.3) is 0 Å². The van der Waals surface area contributed by atoms with Crippen LogP contribution in [0.25, 0.3) is 0 Å². The molecule has 0 N–H and O–H groups in total. The lowest BCUT2D eigenvalue weighted by Crippen LogP contribution is -1.85. The van der Waals surface area contributed by atoms with Crippen molar-refractivity contribution in [2.45, 2.75) is 19.1 Å². The zero-order valence-electron chi connectivity index (χ0n) is 8.01. The van der Waals surface area contributed by atoms with E-state index in [9.17, 15) is 4.79 Å². The molecule has 1 aromatic rings. The molecule has 0 amide bonds. The zero-order valence-corrected chi connectivity index (χ0v) is 8.01. The third-order valence-corrected chi connectivity index (χ3v) is 2.28. The summed E-state index contributed by atoms with van der Waals surface area (Å²) in [5, 5.41) is 0. The van der Waals surface area contributed by atoms with Gasteiger partial charge in [0.2, 0.25) is 0 Å². The van der Waals surface area contributed by atoms with Gasteiger partial charge in [-0.05, 0) is 24.6 Å². The van der Waals surface area contributed by atoms with Crippen LogP contribution in [0.15, 0.2) is 36.4 Å². The van der Waals surface area contributed by atoms with Gasteiger partial charge in [-0.1, -0.05) is 29.8 Å². The van der Waals surface area contributed by atoms with E-state index in [1.165, 1.54) is 17.2 Å². The first-order chi connectivity index (χ1) is 6.81. The van der Waals surface area contributed by atoms with Gasteiger partial charge in [-0.15, -0.1) is 0 Å². The van der Waals surface area contributed by atoms with E-state index in [-0.39, 0.29) is 12.2 Å². The molecule has 2 atom stereocenters. The summed E-state index contributed by atoms with van der Waals surface area (Å²) in [6.45, 7) is 2.06. The number of rotatable bonds is 3. The molecule has 1 saturated heterocycles. The standard InChI is InChI=1S/C12H12O2/c1-9-4-2-5-10(8-9)12-11(14-12)6-3-7-13/h2-8,11-12H,1H3/b6-3+. The second-order valence-corrected chi connectivity index (χ2v) is 3.46. The molecule has 0 saturated carbocycles. The number of epoxide rings is 1. The Bertz CT molecular complexity index is 368. The summed E-state index contributed by atoms with van der Waals surface area (Å²) in [5.74, 6) is 0. The summed E-state index contributed by atoms with van der Waals surface area (Å²) in [6.07, 6.45) is 4.28. The van der Waals surface area contributed by atoms with Gasteiger partial charge in [-0.25, -0.2) is 0 Å². The molecule has 2 rings (SSSR count). The maximum atomic E-state index is 10.1. The molecule has 1 fully saturated rings. The summed E-state index contributed by atoms with van der Waals surface area (Å²) >= 11 is 0. The zero-order chi connectivity index (χ0) is 9.97. The van der Waals surface area contributed by atoms with Gasteiger partial charge in [0.1, 0.15) is 18.5 Å². The molecule has 1 aromatic carbocycles. The summed E-state index contributed by atoms with van der Waals surface area (Å²) in [6, 6.07) is 8.24. The van der Waals surface area contributed by atoms with Crippen molar-refractivity contribution in [3.63, 3.8) is 0 Å². The fourth-order valence-electron chi connectivity index (χ4n) is 1.54. The molecule has 0 spiro atoms. The highest BCUT2D eigenvalue weighted by atomic mass is 16.6. The molecule has 0 radical (unpaired) electrons. The number of benzene rings is 1. The molecule has 0 aliphatic carbocycles. The molecule has 2 nitrogen and oxygen atoms in total. The molecule has 0 bridgehead atoms. The molecule has 1 aliphatic heterocycles. The van der Waals surface area contributed by atoms with Crippen LogP contribution in [0.4, 0.5) is 0 Å². The highest BCUT2D eigenvalue weighted by Crippen LogP contribution is 2.39. The van der Waals surface area contributed by atoms with Crippen molar-refractivity contribution in [1.82, 2.24) is 0 Å². The van der Waals surface area contributed by atoms with Crippen LogP contribution < -0.4 is 0 Å². The van der Waals surface area contributed by atoms with E-state index in [0.717, 1.165) is 6.29 Å². The Labute approximate surface area is 83.2 Å². The number of ether oxygens (including phenoxy) is 1. The SMILES string of the molecule is Cc1cccc(C2OC2/C=C/C=O)c1. The van der Waals surface area contributed by atoms with Crippen LogP contribution in [0.1, 0.15) is 17.2 Å². The molecule has 2 unspecified atom stereocenters. The van der Waals surface area contributed by atoms with Gasteiger partial charge in [-0.2, -0.15) is 0 Å². The average Bonchev–Trinajstić information content (AvgIpc) is 2.94. The van der Waals surface area contributed by atoms with Gasteiger partial charge in [0.15, 0.2) is 0 Å². The maximum Gasteiger partial charge on any atom is 0.142 e. The van der Waals surface area contributed by atoms with Crippen LogP contribution in [0.2, 0.25) is 0 Å². The van der Waals surface area contributed by atoms with Crippen LogP contribution in [0, 0.1) is 6.92 Å². The second-order valence-electron chi connectivity index (χ2n) is 3.46. The van der Waals surface area contributed by atoms with E-state index in [0.29, 0.717) is 0 Å². The van der Waals surface area contributed by atoms with Crippen molar-refractivity contribution >= 4 is 6.29 Å². The minimum atomic E-state index is 0.0852. The number of aldehydes is 1. The monoisotopic (exact) mass is 188 g/mol. The first-order valence-corrected chi connectivity index (χ1v) is 4.65. The molecule has 72 valence electrons. The molecule has 14 heavy (non-hydrogen) atoms. The quantitative estimate of drug-likeness (QED) is 0.413. The van der Waals surface area contributed by atoms with E-state index in [1.807, 2.05) is 12.1 Å². The third-order valence-electron chi connectivity index (χ3n) is 2.28. The number of carbonyl (C=O) groups is 1. The molecule has 1 heterocycles. The molecular formula is C12H12O2. The Morgan fingerprint density at radius 2 is 2.29 bits per heavy atom. The van der Waals surface area contributed by atoms with Gasteiger partial charge in [0, 0.05) is 0 Å². The molecule has 2 heteroatoms. The maximum absolute atomic E-state index is 10.1. The van der Waals surface area contributed by atoms with Crippen molar-refractivity contribution in [3.05, 3.63) is 47.5 Å². The number of hydrogen-bond acceptors (Lipinski definition) is 2. The predicted octanol–water partition coefficient (Wildman–Crippen LogP) is 2.19. The lowest BCUT2D eigenvalue weighted by molar-refractivity contribution is -0.104. The van der Waals surface area contributed by atoms with Gasteiger partial charge < -0.3 is 4.74 Å². The second kappa shape index (κ2) is 3.76. The fourth-order valence-corrected chi connectivity index (χ4v) is 1.54. The van der Waals surface area contributed by atoms with Crippen molar-refractivity contribution in [1.29, 1.82) is 0 Å². The van der Waals surface area contributed by atoms with E-state index in [4.69, 9.17) is 4.74 Å². The fraction of sp³-hybridized carbons (Fsp3) is 0.250. The number of allylic oxidation sites excluding steroid dienone is 1. The van der Waals surface area contributed by atoms with Crippen molar-refractivity contribution in [3.8, 4) is 0 Å². The molecular weight excluding hydrogens is 176 g/mol. The largest absolute Gasteiger partial charge is 0.360 e. The lowest BCUT2D eigenvalue weighted by Gasteiger charge is -1.96. The van der Waals surface area contributed by atoms with Crippen molar-refractivity contribution in [2.75, 3.05) is 0 Å². The first-order valence-electron chi connectivity index (χ1n) is 4.65. The van der Waals surface area contributed by atoms with Crippen LogP contribution in [-0.4, -0.2) is 12.4 Å². The van der Waals surface area contributed by atoms with Crippen LogP contribution >= 0.6 is 0 Å². The van der Waals surface area contributed by atoms with E-state index < -0.39 is 0 Å². The van der Waals surface area contributed by atoms with E-state index in [1.54, 1.807) is 6.08 Å². The van der Waals surface area contributed by atoms with Crippen LogP contribution in [0.5, 0.6) is 0 Å². The van der Waals surface area contributed by atoms with E-state index in [2.05, 4.69) is 19.1 Å². The Morgan fingerprint density at radius 1 is 1.43 bits per heavy atom. The van der Waals surface area contributed by atoms with Gasteiger partial charge in [0.05, 0.1) is 0 Å². The Hall–Kier alpha value is -1.41. The van der Waals surface area contributed by atoms with Crippen molar-refractivity contribution in [2.24, 2.45) is 0 Å². The first kappa shape index (κ1) is 9.16. The summed E-state index contributed by atoms with van der Waals surface area (Å²) in [4.78, 5) is 10.1. The summed E-state index contributed by atoms with van der Waals surface area (Å²) < 4.78 is 5.41. The van der Waals surface area contributed by atoms with Crippen LogP contribution in [0.3, 0.4) is 0 Å².